The second-order valence-corrected chi connectivity index (χ2v) is 6.42. The van der Waals surface area contributed by atoms with Crippen LogP contribution in [0.5, 0.6) is 0 Å². The minimum atomic E-state index is -0.123. The Morgan fingerprint density at radius 3 is 2.62 bits per heavy atom. The number of hydrogen-bond acceptors (Lipinski definition) is 5. The van der Waals surface area contributed by atoms with Crippen LogP contribution in [-0.2, 0) is 6.54 Å². The predicted molar refractivity (Wildman–Crippen MR) is 85.0 cm³/mol. The lowest BCUT2D eigenvalue weighted by Gasteiger charge is -2.27. The molecule has 5 nitrogen and oxygen atoms in total. The highest BCUT2D eigenvalue weighted by atomic mass is 16.3. The number of hydrogen-bond donors (Lipinski definition) is 3. The molecule has 3 rings (SSSR count). The molecule has 0 bridgehead atoms. The van der Waals surface area contributed by atoms with Crippen molar-refractivity contribution in [2.24, 2.45) is 0 Å². The summed E-state index contributed by atoms with van der Waals surface area (Å²) in [5, 5.41) is 13.1. The average molecular weight is 290 g/mol. The molecule has 4 N–H and O–H groups in total. The lowest BCUT2D eigenvalue weighted by molar-refractivity contribution is 0.126. The summed E-state index contributed by atoms with van der Waals surface area (Å²) >= 11 is 0. The molecule has 21 heavy (non-hydrogen) atoms. The number of anilines is 2. The van der Waals surface area contributed by atoms with E-state index in [9.17, 15) is 5.11 Å². The third-order valence-corrected chi connectivity index (χ3v) is 4.56. The Hall–Kier alpha value is -1.33. The molecule has 1 aliphatic heterocycles. The van der Waals surface area contributed by atoms with Crippen LogP contribution in [0.25, 0.3) is 0 Å². The summed E-state index contributed by atoms with van der Waals surface area (Å²) in [5.41, 5.74) is 7.19. The SMILES string of the molecule is Nc1cc(CN2CCCC2)cc(N[C@H]2CC[C@H](O)CC2)n1. The zero-order chi connectivity index (χ0) is 14.7. The van der Waals surface area contributed by atoms with Crippen molar-refractivity contribution >= 4 is 11.6 Å². The van der Waals surface area contributed by atoms with Gasteiger partial charge in [0.25, 0.3) is 0 Å². The van der Waals surface area contributed by atoms with Crippen LogP contribution in [-0.4, -0.2) is 40.2 Å². The molecule has 0 spiro atoms. The molecule has 1 aromatic heterocycles. The van der Waals surface area contributed by atoms with Crippen molar-refractivity contribution < 1.29 is 5.11 Å². The predicted octanol–water partition coefficient (Wildman–Crippen LogP) is 1.97. The van der Waals surface area contributed by atoms with E-state index in [1.165, 1.54) is 31.5 Å². The van der Waals surface area contributed by atoms with Crippen molar-refractivity contribution in [3.63, 3.8) is 0 Å². The lowest BCUT2D eigenvalue weighted by Crippen LogP contribution is -2.28. The molecule has 0 radical (unpaired) electrons. The second kappa shape index (κ2) is 6.62. The van der Waals surface area contributed by atoms with Gasteiger partial charge in [0, 0.05) is 12.6 Å². The highest BCUT2D eigenvalue weighted by Crippen LogP contribution is 2.23. The van der Waals surface area contributed by atoms with Crippen LogP contribution >= 0.6 is 0 Å². The van der Waals surface area contributed by atoms with E-state index in [0.717, 1.165) is 38.0 Å². The Morgan fingerprint density at radius 1 is 1.19 bits per heavy atom. The fourth-order valence-corrected chi connectivity index (χ4v) is 3.40. The molecule has 116 valence electrons. The number of nitrogen functional groups attached to an aromatic ring is 1. The average Bonchev–Trinajstić information content (AvgIpc) is 2.93. The summed E-state index contributed by atoms with van der Waals surface area (Å²) in [4.78, 5) is 6.87. The third kappa shape index (κ3) is 4.08. The normalized spacial score (nSPS) is 26.9. The molecule has 0 atom stereocenters. The van der Waals surface area contributed by atoms with Crippen molar-refractivity contribution in [1.82, 2.24) is 9.88 Å². The summed E-state index contributed by atoms with van der Waals surface area (Å²) in [7, 11) is 0. The second-order valence-electron chi connectivity index (χ2n) is 6.42. The van der Waals surface area contributed by atoms with Gasteiger partial charge in [0.1, 0.15) is 11.6 Å². The number of rotatable bonds is 4. The number of likely N-dealkylation sites (tertiary alicyclic amines) is 1. The molecule has 1 saturated heterocycles. The van der Waals surface area contributed by atoms with E-state index in [4.69, 9.17) is 5.73 Å². The largest absolute Gasteiger partial charge is 0.393 e. The molecule has 1 aliphatic carbocycles. The van der Waals surface area contributed by atoms with Gasteiger partial charge >= 0.3 is 0 Å². The van der Waals surface area contributed by atoms with Gasteiger partial charge in [0.05, 0.1) is 6.10 Å². The topological polar surface area (TPSA) is 74.4 Å². The monoisotopic (exact) mass is 290 g/mol. The molecule has 2 fully saturated rings. The zero-order valence-corrected chi connectivity index (χ0v) is 12.6. The fraction of sp³-hybridized carbons (Fsp3) is 0.688. The molecule has 1 aromatic rings. The molecule has 2 heterocycles. The molecule has 0 aromatic carbocycles. The van der Waals surface area contributed by atoms with Gasteiger partial charge in [0.15, 0.2) is 0 Å². The molecule has 0 amide bonds. The van der Waals surface area contributed by atoms with Crippen LogP contribution in [0.2, 0.25) is 0 Å². The minimum absolute atomic E-state index is 0.123. The van der Waals surface area contributed by atoms with Crippen molar-refractivity contribution in [3.8, 4) is 0 Å². The van der Waals surface area contributed by atoms with E-state index in [0.29, 0.717) is 11.9 Å². The number of nitrogens with zero attached hydrogens (tertiary/aromatic N) is 2. The smallest absolute Gasteiger partial charge is 0.128 e. The van der Waals surface area contributed by atoms with Crippen LogP contribution in [0.15, 0.2) is 12.1 Å². The Labute approximate surface area is 126 Å². The summed E-state index contributed by atoms with van der Waals surface area (Å²) < 4.78 is 0. The van der Waals surface area contributed by atoms with E-state index in [1.54, 1.807) is 0 Å². The molecule has 2 aliphatic rings. The number of aliphatic hydroxyl groups is 1. The van der Waals surface area contributed by atoms with Gasteiger partial charge in [-0.2, -0.15) is 0 Å². The molecule has 5 heteroatoms. The van der Waals surface area contributed by atoms with Crippen molar-refractivity contribution in [2.45, 2.75) is 57.2 Å². The quantitative estimate of drug-likeness (QED) is 0.790. The standard InChI is InChI=1S/C16H26N4O/c17-15-9-12(11-20-7-1-2-8-20)10-16(19-15)18-13-3-5-14(21)6-4-13/h9-10,13-14,21H,1-8,11H2,(H3,17,18,19)/t13-,14-. The maximum Gasteiger partial charge on any atom is 0.128 e. The lowest BCUT2D eigenvalue weighted by atomic mass is 9.93. The first-order chi connectivity index (χ1) is 10.2. The van der Waals surface area contributed by atoms with Crippen molar-refractivity contribution in [1.29, 1.82) is 0 Å². The van der Waals surface area contributed by atoms with E-state index < -0.39 is 0 Å². The van der Waals surface area contributed by atoms with Crippen LogP contribution in [0, 0.1) is 0 Å². The van der Waals surface area contributed by atoms with E-state index in [-0.39, 0.29) is 6.10 Å². The van der Waals surface area contributed by atoms with Gasteiger partial charge in [-0.3, -0.25) is 4.90 Å². The number of aliphatic hydroxyl groups excluding tert-OH is 1. The number of aromatic nitrogens is 1. The third-order valence-electron chi connectivity index (χ3n) is 4.56. The van der Waals surface area contributed by atoms with Crippen LogP contribution in [0.3, 0.4) is 0 Å². The Balaban J connectivity index is 1.63. The first kappa shape index (κ1) is 14.6. The van der Waals surface area contributed by atoms with Crippen LogP contribution in [0.4, 0.5) is 11.6 Å². The summed E-state index contributed by atoms with van der Waals surface area (Å²) in [5.74, 6) is 1.47. The van der Waals surface area contributed by atoms with E-state index in [1.807, 2.05) is 6.07 Å². The molecule has 0 unspecified atom stereocenters. The summed E-state index contributed by atoms with van der Waals surface area (Å²) in [6, 6.07) is 4.51. The Morgan fingerprint density at radius 2 is 1.90 bits per heavy atom. The number of nitrogens with one attached hydrogen (secondary N) is 1. The number of nitrogens with two attached hydrogens (primary N) is 1. The van der Waals surface area contributed by atoms with E-state index in [2.05, 4.69) is 21.3 Å². The minimum Gasteiger partial charge on any atom is -0.393 e. The van der Waals surface area contributed by atoms with Crippen molar-refractivity contribution in [2.75, 3.05) is 24.1 Å². The Bertz CT molecular complexity index is 465. The van der Waals surface area contributed by atoms with Crippen molar-refractivity contribution in [3.05, 3.63) is 17.7 Å². The first-order valence-electron chi connectivity index (χ1n) is 8.12. The maximum atomic E-state index is 9.57. The van der Waals surface area contributed by atoms with Crippen LogP contribution in [0.1, 0.15) is 44.1 Å². The highest BCUT2D eigenvalue weighted by molar-refractivity contribution is 5.47. The van der Waals surface area contributed by atoms with Gasteiger partial charge in [-0.1, -0.05) is 0 Å². The summed E-state index contributed by atoms with van der Waals surface area (Å²) in [6.07, 6.45) is 6.23. The highest BCUT2D eigenvalue weighted by Gasteiger charge is 2.20. The fourth-order valence-electron chi connectivity index (χ4n) is 3.40. The van der Waals surface area contributed by atoms with Gasteiger partial charge in [0.2, 0.25) is 0 Å². The maximum absolute atomic E-state index is 9.57. The Kier molecular flexibility index (Phi) is 4.60. The van der Waals surface area contributed by atoms with Gasteiger partial charge < -0.3 is 16.2 Å². The van der Waals surface area contributed by atoms with Crippen LogP contribution < -0.4 is 11.1 Å². The van der Waals surface area contributed by atoms with E-state index >= 15 is 0 Å². The van der Waals surface area contributed by atoms with Gasteiger partial charge in [-0.05, 0) is 69.3 Å². The zero-order valence-electron chi connectivity index (χ0n) is 12.6. The molecular weight excluding hydrogens is 264 g/mol. The number of pyridine rings is 1. The molecular formula is C16H26N4O. The van der Waals surface area contributed by atoms with Gasteiger partial charge in [-0.25, -0.2) is 4.98 Å². The summed E-state index contributed by atoms with van der Waals surface area (Å²) in [6.45, 7) is 3.34. The first-order valence-corrected chi connectivity index (χ1v) is 8.12. The van der Waals surface area contributed by atoms with Gasteiger partial charge in [-0.15, -0.1) is 0 Å². The molecule has 1 saturated carbocycles.